The van der Waals surface area contributed by atoms with Crippen molar-refractivity contribution in [3.05, 3.63) is 29.8 Å². The molecule has 3 rings (SSSR count). The highest BCUT2D eigenvalue weighted by molar-refractivity contribution is 5.80. The lowest BCUT2D eigenvalue weighted by molar-refractivity contribution is 0.0396. The maximum absolute atomic E-state index is 6.48. The quantitative estimate of drug-likeness (QED) is 0.407. The molecular formula is C22H35N3O2. The topological polar surface area (TPSA) is 54.9 Å². The Hall–Kier alpha value is -1.75. The number of hydrogen-bond acceptors (Lipinski definition) is 3. The summed E-state index contributed by atoms with van der Waals surface area (Å²) in [6.07, 6.45) is 9.22. The third kappa shape index (κ3) is 5.38. The summed E-state index contributed by atoms with van der Waals surface area (Å²) < 4.78 is 11.6. The van der Waals surface area contributed by atoms with Crippen molar-refractivity contribution in [3.63, 3.8) is 0 Å². The number of fused-ring (bicyclic) bond motifs is 1. The van der Waals surface area contributed by atoms with Crippen molar-refractivity contribution in [1.82, 2.24) is 10.6 Å². The number of ether oxygens (including phenoxy) is 2. The average Bonchev–Trinajstić information content (AvgIpc) is 3.12. The van der Waals surface area contributed by atoms with Crippen molar-refractivity contribution in [3.8, 4) is 5.75 Å². The number of rotatable bonds is 8. The van der Waals surface area contributed by atoms with E-state index in [1.807, 2.05) is 0 Å². The van der Waals surface area contributed by atoms with Gasteiger partial charge in [0.1, 0.15) is 11.4 Å². The SMILES string of the molecule is CCNC(=NCCCCCOC)NC1CC2(CCCC2)Oc2ccccc21. The Kier molecular flexibility index (Phi) is 7.39. The summed E-state index contributed by atoms with van der Waals surface area (Å²) >= 11 is 0. The van der Waals surface area contributed by atoms with Crippen LogP contribution in [-0.2, 0) is 4.74 Å². The molecule has 2 N–H and O–H groups in total. The molecule has 0 amide bonds. The fourth-order valence-electron chi connectivity index (χ4n) is 4.28. The lowest BCUT2D eigenvalue weighted by atomic mass is 9.86. The van der Waals surface area contributed by atoms with Crippen LogP contribution in [0.1, 0.15) is 69.9 Å². The summed E-state index contributed by atoms with van der Waals surface area (Å²) in [5, 5.41) is 7.12. The summed E-state index contributed by atoms with van der Waals surface area (Å²) in [7, 11) is 1.76. The van der Waals surface area contributed by atoms with Gasteiger partial charge < -0.3 is 20.1 Å². The van der Waals surface area contributed by atoms with Gasteiger partial charge in [0.2, 0.25) is 0 Å². The third-order valence-corrected chi connectivity index (χ3v) is 5.64. The first-order chi connectivity index (χ1) is 13.3. The average molecular weight is 374 g/mol. The Morgan fingerprint density at radius 2 is 2.04 bits per heavy atom. The fraction of sp³-hybridized carbons (Fsp3) is 0.682. The molecule has 1 unspecified atom stereocenters. The van der Waals surface area contributed by atoms with Gasteiger partial charge in [0.05, 0.1) is 6.04 Å². The van der Waals surface area contributed by atoms with E-state index in [0.29, 0.717) is 0 Å². The molecule has 150 valence electrons. The van der Waals surface area contributed by atoms with Gasteiger partial charge in [0.25, 0.3) is 0 Å². The lowest BCUT2D eigenvalue weighted by Gasteiger charge is -2.40. The first-order valence-electron chi connectivity index (χ1n) is 10.6. The Labute approximate surface area is 163 Å². The van der Waals surface area contributed by atoms with Crippen LogP contribution in [0.3, 0.4) is 0 Å². The van der Waals surface area contributed by atoms with E-state index in [1.165, 1.54) is 18.4 Å². The van der Waals surface area contributed by atoms with Crippen LogP contribution in [0, 0.1) is 0 Å². The molecule has 0 saturated heterocycles. The molecule has 1 atom stereocenters. The van der Waals surface area contributed by atoms with Crippen LogP contribution < -0.4 is 15.4 Å². The second kappa shape index (κ2) is 9.98. The van der Waals surface area contributed by atoms with Crippen LogP contribution in [-0.4, -0.2) is 38.4 Å². The molecule has 1 aromatic carbocycles. The normalized spacial score (nSPS) is 21.0. The van der Waals surface area contributed by atoms with Crippen molar-refractivity contribution < 1.29 is 9.47 Å². The molecule has 1 heterocycles. The van der Waals surface area contributed by atoms with Gasteiger partial charge in [-0.1, -0.05) is 18.2 Å². The summed E-state index contributed by atoms with van der Waals surface area (Å²) in [6, 6.07) is 8.72. The maximum atomic E-state index is 6.48. The van der Waals surface area contributed by atoms with Crippen LogP contribution in [0.4, 0.5) is 0 Å². The van der Waals surface area contributed by atoms with Crippen molar-refractivity contribution in [2.24, 2.45) is 4.99 Å². The number of para-hydroxylation sites is 1. The second-order valence-electron chi connectivity index (χ2n) is 7.75. The number of benzene rings is 1. The summed E-state index contributed by atoms with van der Waals surface area (Å²) in [5.74, 6) is 1.96. The van der Waals surface area contributed by atoms with Gasteiger partial charge in [-0.3, -0.25) is 4.99 Å². The highest BCUT2D eigenvalue weighted by atomic mass is 16.5. The lowest BCUT2D eigenvalue weighted by Crippen LogP contribution is -2.46. The zero-order valence-corrected chi connectivity index (χ0v) is 16.9. The highest BCUT2D eigenvalue weighted by Gasteiger charge is 2.43. The molecule has 1 fully saturated rings. The molecule has 5 heteroatoms. The van der Waals surface area contributed by atoms with Crippen LogP contribution >= 0.6 is 0 Å². The molecular weight excluding hydrogens is 338 g/mol. The number of methoxy groups -OCH3 is 1. The number of nitrogens with one attached hydrogen (secondary N) is 2. The van der Waals surface area contributed by atoms with E-state index in [-0.39, 0.29) is 11.6 Å². The van der Waals surface area contributed by atoms with E-state index in [0.717, 1.165) is 69.9 Å². The molecule has 5 nitrogen and oxygen atoms in total. The molecule has 0 aromatic heterocycles. The van der Waals surface area contributed by atoms with Gasteiger partial charge in [-0.15, -0.1) is 0 Å². The van der Waals surface area contributed by atoms with Crippen molar-refractivity contribution >= 4 is 5.96 Å². The Balaban J connectivity index is 1.66. The minimum atomic E-state index is 0.00347. The van der Waals surface area contributed by atoms with Gasteiger partial charge in [0.15, 0.2) is 5.96 Å². The third-order valence-electron chi connectivity index (χ3n) is 5.64. The Morgan fingerprint density at radius 1 is 1.22 bits per heavy atom. The molecule has 0 radical (unpaired) electrons. The minimum absolute atomic E-state index is 0.00347. The monoisotopic (exact) mass is 373 g/mol. The number of nitrogens with zero attached hydrogens (tertiary/aromatic N) is 1. The molecule has 1 saturated carbocycles. The Bertz CT molecular complexity index is 611. The van der Waals surface area contributed by atoms with Gasteiger partial charge >= 0.3 is 0 Å². The molecule has 1 aliphatic carbocycles. The standard InChI is InChI=1S/C22H35N3O2/c1-3-23-21(24-15-9-4-10-16-26-2)25-19-17-22(13-7-8-14-22)27-20-12-6-5-11-18(19)20/h5-6,11-12,19H,3-4,7-10,13-17H2,1-2H3,(H2,23,24,25). The van der Waals surface area contributed by atoms with Gasteiger partial charge in [0, 0.05) is 38.8 Å². The van der Waals surface area contributed by atoms with Crippen molar-refractivity contribution in [1.29, 1.82) is 0 Å². The molecule has 2 aliphatic rings. The first kappa shape index (κ1) is 20.0. The number of aliphatic imine (C=N–C) groups is 1. The molecule has 1 aromatic rings. The number of guanidine groups is 1. The Morgan fingerprint density at radius 3 is 2.81 bits per heavy atom. The molecule has 1 spiro atoms. The first-order valence-corrected chi connectivity index (χ1v) is 10.6. The predicted molar refractivity (Wildman–Crippen MR) is 110 cm³/mol. The summed E-state index contributed by atoms with van der Waals surface area (Å²) in [5.41, 5.74) is 1.25. The highest BCUT2D eigenvalue weighted by Crippen LogP contribution is 2.46. The summed E-state index contributed by atoms with van der Waals surface area (Å²) in [6.45, 7) is 4.66. The van der Waals surface area contributed by atoms with E-state index in [4.69, 9.17) is 14.5 Å². The van der Waals surface area contributed by atoms with Crippen LogP contribution in [0.5, 0.6) is 5.75 Å². The zero-order valence-electron chi connectivity index (χ0n) is 16.9. The largest absolute Gasteiger partial charge is 0.487 e. The van der Waals surface area contributed by atoms with Crippen LogP contribution in [0.2, 0.25) is 0 Å². The van der Waals surface area contributed by atoms with Crippen LogP contribution in [0.15, 0.2) is 29.3 Å². The summed E-state index contributed by atoms with van der Waals surface area (Å²) in [4.78, 5) is 4.81. The molecule has 1 aliphatic heterocycles. The minimum Gasteiger partial charge on any atom is -0.487 e. The van der Waals surface area contributed by atoms with E-state index in [2.05, 4.69) is 41.8 Å². The fourth-order valence-corrected chi connectivity index (χ4v) is 4.28. The van der Waals surface area contributed by atoms with E-state index in [9.17, 15) is 0 Å². The van der Waals surface area contributed by atoms with Crippen molar-refractivity contribution in [2.45, 2.75) is 69.9 Å². The zero-order chi connectivity index (χ0) is 19.0. The van der Waals surface area contributed by atoms with E-state index < -0.39 is 0 Å². The smallest absolute Gasteiger partial charge is 0.191 e. The second-order valence-corrected chi connectivity index (χ2v) is 7.75. The van der Waals surface area contributed by atoms with E-state index in [1.54, 1.807) is 7.11 Å². The van der Waals surface area contributed by atoms with Crippen molar-refractivity contribution in [2.75, 3.05) is 26.8 Å². The van der Waals surface area contributed by atoms with Gasteiger partial charge in [-0.25, -0.2) is 0 Å². The van der Waals surface area contributed by atoms with Crippen LogP contribution in [0.25, 0.3) is 0 Å². The predicted octanol–water partition coefficient (Wildman–Crippen LogP) is 4.19. The van der Waals surface area contributed by atoms with Gasteiger partial charge in [-0.2, -0.15) is 0 Å². The molecule has 27 heavy (non-hydrogen) atoms. The van der Waals surface area contributed by atoms with E-state index >= 15 is 0 Å². The molecule has 0 bridgehead atoms. The van der Waals surface area contributed by atoms with Gasteiger partial charge in [-0.05, 0) is 57.9 Å². The number of unbranched alkanes of at least 4 members (excludes halogenated alkanes) is 2. The number of hydrogen-bond donors (Lipinski definition) is 2. The maximum Gasteiger partial charge on any atom is 0.191 e.